The highest BCUT2D eigenvalue weighted by molar-refractivity contribution is 5.82. The molecule has 1 unspecified atom stereocenters. The van der Waals surface area contributed by atoms with Gasteiger partial charge in [-0.05, 0) is 58.9 Å². The monoisotopic (exact) mass is 412 g/mol. The lowest BCUT2D eigenvalue weighted by molar-refractivity contribution is 0.471. The van der Waals surface area contributed by atoms with Crippen LogP contribution in [0.3, 0.4) is 0 Å². The Bertz CT molecular complexity index is 1160. The number of benzene rings is 4. The first kappa shape index (κ1) is 19.3. The van der Waals surface area contributed by atoms with Crippen molar-refractivity contribution in [1.29, 1.82) is 0 Å². The Morgan fingerprint density at radius 1 is 0.531 bits per heavy atom. The summed E-state index contributed by atoms with van der Waals surface area (Å²) < 4.78 is 0. The highest BCUT2D eigenvalue weighted by Crippen LogP contribution is 2.75. The van der Waals surface area contributed by atoms with E-state index in [1.807, 2.05) is 0 Å². The molecule has 1 atom stereocenters. The molecule has 0 saturated heterocycles. The zero-order chi connectivity index (χ0) is 21.4. The minimum atomic E-state index is 0.135. The van der Waals surface area contributed by atoms with Crippen LogP contribution in [0, 0.1) is 5.41 Å². The van der Waals surface area contributed by atoms with Gasteiger partial charge < -0.3 is 0 Å². The molecule has 1 spiro atoms. The van der Waals surface area contributed by atoms with E-state index < -0.39 is 0 Å². The molecule has 0 heteroatoms. The largest absolute Gasteiger partial charge is 0.0622 e. The van der Waals surface area contributed by atoms with Crippen molar-refractivity contribution in [3.05, 3.63) is 149 Å². The fraction of sp³-hybridized carbons (Fsp3) is 0.188. The van der Waals surface area contributed by atoms with Crippen molar-refractivity contribution in [2.75, 3.05) is 0 Å². The summed E-state index contributed by atoms with van der Waals surface area (Å²) in [6.45, 7) is 0. The van der Waals surface area contributed by atoms with Crippen molar-refractivity contribution in [2.24, 2.45) is 5.41 Å². The van der Waals surface area contributed by atoms with E-state index in [2.05, 4.69) is 121 Å². The van der Waals surface area contributed by atoms with Crippen LogP contribution < -0.4 is 0 Å². The fourth-order valence-electron chi connectivity index (χ4n) is 6.38. The molecule has 0 amide bonds. The third-order valence-electron chi connectivity index (χ3n) is 7.85. The molecular formula is C32H28. The molecule has 0 radical (unpaired) electrons. The summed E-state index contributed by atoms with van der Waals surface area (Å²) in [5, 5.41) is 0. The van der Waals surface area contributed by atoms with E-state index in [-0.39, 0.29) is 5.41 Å². The molecular weight excluding hydrogens is 384 g/mol. The minimum Gasteiger partial charge on any atom is -0.0622 e. The first-order valence-corrected chi connectivity index (χ1v) is 11.8. The standard InChI is InChI=1S/C32H28/c1-5-13-25(14-6-1)30(26-15-7-2-8-16-26)27-21-22-31(23-27)24-32(31,28-17-9-3-10-18-28)29-19-11-4-12-20-29/h1-20H,21-24H2. The lowest BCUT2D eigenvalue weighted by atomic mass is 9.79. The van der Waals surface area contributed by atoms with E-state index in [0.717, 1.165) is 0 Å². The summed E-state index contributed by atoms with van der Waals surface area (Å²) in [7, 11) is 0. The molecule has 0 aliphatic heterocycles. The van der Waals surface area contributed by atoms with Gasteiger partial charge in [0.1, 0.15) is 0 Å². The highest BCUT2D eigenvalue weighted by Gasteiger charge is 2.69. The van der Waals surface area contributed by atoms with E-state index >= 15 is 0 Å². The maximum absolute atomic E-state index is 2.35. The molecule has 32 heavy (non-hydrogen) atoms. The number of hydrogen-bond donors (Lipinski definition) is 0. The Balaban J connectivity index is 1.48. The first-order chi connectivity index (χ1) is 15.8. The number of allylic oxidation sites excluding steroid dienone is 1. The molecule has 0 N–H and O–H groups in total. The zero-order valence-corrected chi connectivity index (χ0v) is 18.4. The topological polar surface area (TPSA) is 0 Å². The maximum atomic E-state index is 2.35. The number of rotatable bonds is 4. The molecule has 2 aliphatic rings. The molecule has 4 aromatic rings. The Hall–Kier alpha value is -3.38. The van der Waals surface area contributed by atoms with Crippen LogP contribution in [0.1, 0.15) is 47.9 Å². The van der Waals surface area contributed by atoms with Gasteiger partial charge in [0.25, 0.3) is 0 Å². The smallest absolute Gasteiger partial charge is 0.0268 e. The van der Waals surface area contributed by atoms with Gasteiger partial charge in [-0.1, -0.05) is 127 Å². The quantitative estimate of drug-likeness (QED) is 0.318. The van der Waals surface area contributed by atoms with Gasteiger partial charge in [-0.15, -0.1) is 0 Å². The summed E-state index contributed by atoms with van der Waals surface area (Å²) in [6, 6.07) is 44.5. The summed E-state index contributed by atoms with van der Waals surface area (Å²) in [5.74, 6) is 0. The zero-order valence-electron chi connectivity index (χ0n) is 18.4. The first-order valence-electron chi connectivity index (χ1n) is 11.8. The third kappa shape index (κ3) is 2.98. The SMILES string of the molecule is c1ccc(C(=C2CCC3(C2)CC3(c2ccccc2)c2ccccc2)c2ccccc2)cc1. The Morgan fingerprint density at radius 3 is 1.44 bits per heavy atom. The average molecular weight is 413 g/mol. The van der Waals surface area contributed by atoms with E-state index in [4.69, 9.17) is 0 Å². The maximum Gasteiger partial charge on any atom is 0.0268 e. The van der Waals surface area contributed by atoms with E-state index in [1.54, 1.807) is 5.57 Å². The van der Waals surface area contributed by atoms with E-state index in [9.17, 15) is 0 Å². The normalized spacial score (nSPS) is 20.9. The van der Waals surface area contributed by atoms with Crippen LogP contribution in [0.15, 0.2) is 127 Å². The third-order valence-corrected chi connectivity index (χ3v) is 7.85. The van der Waals surface area contributed by atoms with Gasteiger partial charge in [-0.3, -0.25) is 0 Å². The predicted molar refractivity (Wildman–Crippen MR) is 133 cm³/mol. The molecule has 0 heterocycles. The predicted octanol–water partition coefficient (Wildman–Crippen LogP) is 8.05. The van der Waals surface area contributed by atoms with Crippen molar-refractivity contribution in [3.8, 4) is 0 Å². The summed E-state index contributed by atoms with van der Waals surface area (Å²) in [5.41, 5.74) is 9.17. The molecule has 0 bridgehead atoms. The fourth-order valence-corrected chi connectivity index (χ4v) is 6.38. The number of hydrogen-bond acceptors (Lipinski definition) is 0. The van der Waals surface area contributed by atoms with Gasteiger partial charge in [-0.2, -0.15) is 0 Å². The molecule has 4 aromatic carbocycles. The van der Waals surface area contributed by atoms with Crippen LogP contribution in [0.4, 0.5) is 0 Å². The summed E-state index contributed by atoms with van der Waals surface area (Å²) in [6.07, 6.45) is 4.86. The van der Waals surface area contributed by atoms with Crippen molar-refractivity contribution < 1.29 is 0 Å². The average Bonchev–Trinajstić information content (AvgIpc) is 3.35. The Kier molecular flexibility index (Phi) is 4.61. The van der Waals surface area contributed by atoms with Gasteiger partial charge in [0.2, 0.25) is 0 Å². The van der Waals surface area contributed by atoms with Crippen molar-refractivity contribution in [3.63, 3.8) is 0 Å². The van der Waals surface area contributed by atoms with Gasteiger partial charge in [-0.25, -0.2) is 0 Å². The molecule has 0 nitrogen and oxygen atoms in total. The second-order valence-corrected chi connectivity index (χ2v) is 9.48. The molecule has 2 aliphatic carbocycles. The van der Waals surface area contributed by atoms with Crippen LogP contribution >= 0.6 is 0 Å². The molecule has 156 valence electrons. The van der Waals surface area contributed by atoms with Crippen LogP contribution in [-0.4, -0.2) is 0 Å². The van der Waals surface area contributed by atoms with Gasteiger partial charge in [0.15, 0.2) is 0 Å². The summed E-state index contributed by atoms with van der Waals surface area (Å²) in [4.78, 5) is 0. The minimum absolute atomic E-state index is 0.135. The lowest BCUT2D eigenvalue weighted by Crippen LogP contribution is -2.18. The van der Waals surface area contributed by atoms with Crippen LogP contribution in [0.5, 0.6) is 0 Å². The van der Waals surface area contributed by atoms with Crippen LogP contribution in [-0.2, 0) is 5.41 Å². The lowest BCUT2D eigenvalue weighted by Gasteiger charge is -2.24. The van der Waals surface area contributed by atoms with Gasteiger partial charge in [0.05, 0.1) is 0 Å². The summed E-state index contributed by atoms with van der Waals surface area (Å²) >= 11 is 0. The van der Waals surface area contributed by atoms with Crippen LogP contribution in [0.25, 0.3) is 5.57 Å². The molecule has 2 fully saturated rings. The molecule has 6 rings (SSSR count). The Labute approximate surface area is 191 Å². The van der Waals surface area contributed by atoms with Crippen LogP contribution in [0.2, 0.25) is 0 Å². The highest BCUT2D eigenvalue weighted by atomic mass is 14.7. The van der Waals surface area contributed by atoms with Gasteiger partial charge >= 0.3 is 0 Å². The molecule has 2 saturated carbocycles. The second kappa shape index (κ2) is 7.64. The van der Waals surface area contributed by atoms with Gasteiger partial charge in [0, 0.05) is 5.41 Å². The van der Waals surface area contributed by atoms with Crippen molar-refractivity contribution >= 4 is 5.57 Å². The van der Waals surface area contributed by atoms with E-state index in [1.165, 1.54) is 53.5 Å². The molecule has 0 aromatic heterocycles. The van der Waals surface area contributed by atoms with Crippen molar-refractivity contribution in [2.45, 2.75) is 31.1 Å². The van der Waals surface area contributed by atoms with Crippen molar-refractivity contribution in [1.82, 2.24) is 0 Å². The Morgan fingerprint density at radius 2 is 0.969 bits per heavy atom. The van der Waals surface area contributed by atoms with E-state index in [0.29, 0.717) is 5.41 Å². The second-order valence-electron chi connectivity index (χ2n) is 9.48.